The van der Waals surface area contributed by atoms with E-state index < -0.39 is 0 Å². The number of hydrogen-bond donors (Lipinski definition) is 1. The van der Waals surface area contributed by atoms with Gasteiger partial charge in [0.15, 0.2) is 17.2 Å². The first-order valence-corrected chi connectivity index (χ1v) is 10.2. The molecule has 2 unspecified atom stereocenters. The van der Waals surface area contributed by atoms with Crippen LogP contribution in [0.2, 0.25) is 0 Å². The predicted molar refractivity (Wildman–Crippen MR) is 109 cm³/mol. The molecule has 6 rings (SSSR count). The molecule has 2 atom stereocenters. The van der Waals surface area contributed by atoms with Crippen molar-refractivity contribution in [2.24, 2.45) is 0 Å². The van der Waals surface area contributed by atoms with Crippen LogP contribution >= 0.6 is 0 Å². The van der Waals surface area contributed by atoms with Crippen LogP contribution < -0.4 is 25.4 Å². The molecule has 0 radical (unpaired) electrons. The molecule has 0 aliphatic carbocycles. The van der Waals surface area contributed by atoms with Gasteiger partial charge in [-0.25, -0.2) is 4.79 Å². The van der Waals surface area contributed by atoms with Gasteiger partial charge in [-0.3, -0.25) is 4.57 Å². The Morgan fingerprint density at radius 2 is 2.03 bits per heavy atom. The number of hydrogen-bond acceptors (Lipinski definition) is 7. The zero-order valence-corrected chi connectivity index (χ0v) is 16.5. The van der Waals surface area contributed by atoms with Crippen molar-refractivity contribution in [1.82, 2.24) is 14.9 Å². The van der Waals surface area contributed by atoms with Gasteiger partial charge in [-0.05, 0) is 38.4 Å². The van der Waals surface area contributed by atoms with Gasteiger partial charge in [0, 0.05) is 28.6 Å². The van der Waals surface area contributed by atoms with Gasteiger partial charge in [0.25, 0.3) is 0 Å². The van der Waals surface area contributed by atoms with Crippen molar-refractivity contribution in [2.45, 2.75) is 38.5 Å². The van der Waals surface area contributed by atoms with Gasteiger partial charge in [-0.2, -0.15) is 9.87 Å². The lowest BCUT2D eigenvalue weighted by Gasteiger charge is -2.24. The summed E-state index contributed by atoms with van der Waals surface area (Å²) >= 11 is 0. The third-order valence-corrected chi connectivity index (χ3v) is 6.21. The van der Waals surface area contributed by atoms with Crippen LogP contribution in [0.3, 0.4) is 0 Å². The highest BCUT2D eigenvalue weighted by Crippen LogP contribution is 2.40. The molecule has 30 heavy (non-hydrogen) atoms. The summed E-state index contributed by atoms with van der Waals surface area (Å²) in [6.07, 6.45) is 2.14. The fourth-order valence-electron chi connectivity index (χ4n) is 4.60. The first-order chi connectivity index (χ1) is 14.7. The highest BCUT2D eigenvalue weighted by molar-refractivity contribution is 5.95. The van der Waals surface area contributed by atoms with E-state index in [0.717, 1.165) is 41.4 Å². The second kappa shape index (κ2) is 6.72. The molecule has 3 aliphatic rings. The highest BCUT2D eigenvalue weighted by Gasteiger charge is 2.27. The highest BCUT2D eigenvalue weighted by atomic mass is 17.2. The Morgan fingerprint density at radius 1 is 1.17 bits per heavy atom. The maximum atomic E-state index is 13.3. The Bertz CT molecular complexity index is 1220. The molecule has 0 spiro atoms. The monoisotopic (exact) mass is 407 g/mol. The van der Waals surface area contributed by atoms with Crippen LogP contribution in [0.1, 0.15) is 31.4 Å². The Labute approximate surface area is 172 Å². The fraction of sp³-hybridized carbons (Fsp3) is 0.364. The molecule has 0 amide bonds. The molecule has 0 saturated carbocycles. The minimum Gasteiger partial charge on any atom is -0.454 e. The normalized spacial score (nSPS) is 20.4. The molecule has 1 N–H and O–H groups in total. The van der Waals surface area contributed by atoms with Crippen molar-refractivity contribution in [3.05, 3.63) is 46.4 Å². The third-order valence-electron chi connectivity index (χ3n) is 6.21. The van der Waals surface area contributed by atoms with E-state index in [1.54, 1.807) is 4.57 Å². The van der Waals surface area contributed by atoms with Crippen LogP contribution in [0.15, 0.2) is 35.1 Å². The average molecular weight is 407 g/mol. The van der Waals surface area contributed by atoms with E-state index >= 15 is 0 Å². The maximum Gasteiger partial charge on any atom is 0.348 e. The van der Waals surface area contributed by atoms with Crippen LogP contribution in [0.5, 0.6) is 17.2 Å². The summed E-state index contributed by atoms with van der Waals surface area (Å²) in [5.74, 6) is 1.95. The second-order valence-corrected chi connectivity index (χ2v) is 7.95. The van der Waals surface area contributed by atoms with Crippen LogP contribution in [0.4, 0.5) is 0 Å². The Kier molecular flexibility index (Phi) is 3.97. The van der Waals surface area contributed by atoms with Crippen LogP contribution in [0, 0.1) is 0 Å². The summed E-state index contributed by atoms with van der Waals surface area (Å²) in [7, 11) is 0. The van der Waals surface area contributed by atoms with E-state index in [4.69, 9.17) is 19.2 Å². The lowest BCUT2D eigenvalue weighted by Crippen LogP contribution is -2.37. The molecule has 8 nitrogen and oxygen atoms in total. The Morgan fingerprint density at radius 3 is 2.87 bits per heavy atom. The van der Waals surface area contributed by atoms with Crippen molar-refractivity contribution >= 4 is 10.9 Å². The van der Waals surface area contributed by atoms with Gasteiger partial charge < -0.3 is 19.7 Å². The lowest BCUT2D eigenvalue weighted by molar-refractivity contribution is -0.194. The summed E-state index contributed by atoms with van der Waals surface area (Å²) in [6.45, 7) is 3.62. The van der Waals surface area contributed by atoms with E-state index in [0.29, 0.717) is 29.5 Å². The van der Waals surface area contributed by atoms with Crippen molar-refractivity contribution in [1.29, 1.82) is 0 Å². The Balaban J connectivity index is 1.59. The van der Waals surface area contributed by atoms with Crippen LogP contribution in [-0.2, 0) is 11.5 Å². The van der Waals surface area contributed by atoms with Gasteiger partial charge in [0.05, 0.1) is 17.3 Å². The molecular formula is C22H21N3O5. The molecule has 3 aliphatic heterocycles. The van der Waals surface area contributed by atoms with E-state index in [9.17, 15) is 4.79 Å². The number of aromatic nitrogens is 2. The number of benzene rings is 2. The molecule has 2 aromatic carbocycles. The second-order valence-electron chi connectivity index (χ2n) is 7.95. The van der Waals surface area contributed by atoms with Gasteiger partial charge >= 0.3 is 5.69 Å². The zero-order chi connectivity index (χ0) is 20.2. The molecule has 1 fully saturated rings. The number of nitrogens with one attached hydrogen (secondary N) is 1. The number of nitrogens with zero attached hydrogens (tertiary/aromatic N) is 2. The number of ether oxygens (including phenoxy) is 2. The fourth-order valence-corrected chi connectivity index (χ4v) is 4.60. The number of rotatable bonds is 3. The third kappa shape index (κ3) is 2.68. The molecule has 1 aromatic heterocycles. The van der Waals surface area contributed by atoms with E-state index in [-0.39, 0.29) is 24.6 Å². The minimum atomic E-state index is -0.282. The molecule has 3 aromatic rings. The molecule has 1 saturated heterocycles. The molecule has 0 bridgehead atoms. The summed E-state index contributed by atoms with van der Waals surface area (Å²) in [4.78, 5) is 28.1. The van der Waals surface area contributed by atoms with Crippen LogP contribution in [-0.4, -0.2) is 28.9 Å². The summed E-state index contributed by atoms with van der Waals surface area (Å²) in [5.41, 5.74) is 2.85. The van der Waals surface area contributed by atoms with E-state index in [2.05, 4.69) is 17.2 Å². The first kappa shape index (κ1) is 17.7. The van der Waals surface area contributed by atoms with Gasteiger partial charge in [-0.1, -0.05) is 12.1 Å². The summed E-state index contributed by atoms with van der Waals surface area (Å²) < 4.78 is 13.0. The lowest BCUT2D eigenvalue weighted by atomic mass is 10.0. The van der Waals surface area contributed by atoms with Gasteiger partial charge in [0.1, 0.15) is 6.61 Å². The Hall–Kier alpha value is -3.10. The zero-order valence-electron chi connectivity index (χ0n) is 16.5. The quantitative estimate of drug-likeness (QED) is 0.669. The van der Waals surface area contributed by atoms with Crippen LogP contribution in [0.25, 0.3) is 22.2 Å². The summed E-state index contributed by atoms with van der Waals surface area (Å²) in [5, 5.41) is 4.34. The van der Waals surface area contributed by atoms with Crippen molar-refractivity contribution in [3.63, 3.8) is 0 Å². The molecule has 154 valence electrons. The molecular weight excluding hydrogens is 386 g/mol. The largest absolute Gasteiger partial charge is 0.454 e. The molecule has 4 heterocycles. The van der Waals surface area contributed by atoms with Crippen molar-refractivity contribution in [2.75, 3.05) is 13.3 Å². The maximum absolute atomic E-state index is 13.3. The predicted octanol–water partition coefficient (Wildman–Crippen LogP) is 2.93. The standard InChI is InChI=1S/C22H21N3O5/c1-12(16-3-2-6-23-16)25-17-9-20-19(27-11-28-20)8-15(17)21(24-22(25)26)13-4-5-14-10-29-30-18(14)7-13/h4-5,7-9,12,16,23H,2-3,6,10-11H2,1H3. The van der Waals surface area contributed by atoms with E-state index in [1.165, 1.54) is 0 Å². The van der Waals surface area contributed by atoms with Gasteiger partial charge in [-0.15, -0.1) is 0 Å². The summed E-state index contributed by atoms with van der Waals surface area (Å²) in [6, 6.07) is 9.73. The molecule has 8 heteroatoms. The first-order valence-electron chi connectivity index (χ1n) is 10.2. The number of fused-ring (bicyclic) bond motifs is 3. The topological polar surface area (TPSA) is 83.8 Å². The van der Waals surface area contributed by atoms with E-state index in [1.807, 2.05) is 30.3 Å². The average Bonchev–Trinajstić information content (AvgIpc) is 3.52. The SMILES string of the molecule is CC(C1CCCN1)n1c(=O)nc(-c2ccc3c(c2)OOC3)c2cc3c(cc21)OCO3. The van der Waals surface area contributed by atoms with Crippen molar-refractivity contribution < 1.29 is 19.2 Å². The minimum absolute atomic E-state index is 0.0406. The smallest absolute Gasteiger partial charge is 0.348 e. The van der Waals surface area contributed by atoms with Gasteiger partial charge in [0.2, 0.25) is 6.79 Å². The van der Waals surface area contributed by atoms with Crippen molar-refractivity contribution in [3.8, 4) is 28.5 Å².